The summed E-state index contributed by atoms with van der Waals surface area (Å²) in [6, 6.07) is 10.8. The minimum absolute atomic E-state index is 0.232. The highest BCUT2D eigenvalue weighted by Crippen LogP contribution is 2.31. The Morgan fingerprint density at radius 3 is 2.43 bits per heavy atom. The molecule has 112 valence electrons. The number of ether oxygens (including phenoxy) is 2. The van der Waals surface area contributed by atoms with Crippen LogP contribution in [0, 0.1) is 0 Å². The molecule has 2 N–H and O–H groups in total. The molecule has 2 aromatic rings. The molecule has 0 aliphatic rings. The Kier molecular flexibility index (Phi) is 5.34. The van der Waals surface area contributed by atoms with E-state index in [-0.39, 0.29) is 6.04 Å². The quantitative estimate of drug-likeness (QED) is 0.893. The Morgan fingerprint density at radius 1 is 1.05 bits per heavy atom. The minimum atomic E-state index is -0.232. The van der Waals surface area contributed by atoms with Gasteiger partial charge < -0.3 is 15.2 Å². The molecule has 0 aromatic heterocycles. The third kappa shape index (κ3) is 3.82. The Morgan fingerprint density at radius 2 is 1.81 bits per heavy atom. The maximum absolute atomic E-state index is 6.29. The second kappa shape index (κ2) is 7.03. The van der Waals surface area contributed by atoms with E-state index >= 15 is 0 Å². The van der Waals surface area contributed by atoms with Gasteiger partial charge in [0.2, 0.25) is 0 Å². The van der Waals surface area contributed by atoms with Crippen LogP contribution in [-0.2, 0) is 6.42 Å². The molecule has 0 aliphatic heterocycles. The van der Waals surface area contributed by atoms with Crippen LogP contribution in [0.4, 0.5) is 0 Å². The predicted molar refractivity (Wildman–Crippen MR) is 86.6 cm³/mol. The summed E-state index contributed by atoms with van der Waals surface area (Å²) < 4.78 is 10.6. The first-order valence-electron chi connectivity index (χ1n) is 6.46. The fourth-order valence-corrected chi connectivity index (χ4v) is 2.64. The standard InChI is InChI=1S/C16H17Cl2NO2/c1-20-12-5-6-13(16(9-12)21-2)15(19)7-10-3-4-11(17)8-14(10)18/h3-6,8-9,15H,7,19H2,1-2H3. The van der Waals surface area contributed by atoms with Crippen LogP contribution in [0.15, 0.2) is 36.4 Å². The lowest BCUT2D eigenvalue weighted by Gasteiger charge is -2.17. The van der Waals surface area contributed by atoms with Crippen molar-refractivity contribution < 1.29 is 9.47 Å². The third-order valence-corrected chi connectivity index (χ3v) is 3.88. The van der Waals surface area contributed by atoms with Crippen LogP contribution in [-0.4, -0.2) is 14.2 Å². The Bertz CT molecular complexity index is 632. The molecular weight excluding hydrogens is 309 g/mol. The summed E-state index contributed by atoms with van der Waals surface area (Å²) in [6.45, 7) is 0. The van der Waals surface area contributed by atoms with Crippen molar-refractivity contribution in [3.05, 3.63) is 57.6 Å². The summed E-state index contributed by atoms with van der Waals surface area (Å²) >= 11 is 12.1. The number of halogens is 2. The average Bonchev–Trinajstić information content (AvgIpc) is 2.49. The first kappa shape index (κ1) is 16.0. The van der Waals surface area contributed by atoms with Gasteiger partial charge in [-0.3, -0.25) is 0 Å². The van der Waals surface area contributed by atoms with E-state index in [0.717, 1.165) is 16.9 Å². The van der Waals surface area contributed by atoms with Crippen molar-refractivity contribution in [3.8, 4) is 11.5 Å². The van der Waals surface area contributed by atoms with Gasteiger partial charge in [0.25, 0.3) is 0 Å². The van der Waals surface area contributed by atoms with Crippen LogP contribution in [0.2, 0.25) is 10.0 Å². The molecule has 2 rings (SSSR count). The van der Waals surface area contributed by atoms with E-state index in [1.54, 1.807) is 26.4 Å². The topological polar surface area (TPSA) is 44.5 Å². The normalized spacial score (nSPS) is 12.0. The summed E-state index contributed by atoms with van der Waals surface area (Å²) in [5, 5.41) is 1.23. The summed E-state index contributed by atoms with van der Waals surface area (Å²) in [6.07, 6.45) is 0.596. The van der Waals surface area contributed by atoms with Crippen molar-refractivity contribution in [2.45, 2.75) is 12.5 Å². The Hall–Kier alpha value is -1.42. The number of rotatable bonds is 5. The fraction of sp³-hybridized carbons (Fsp3) is 0.250. The number of methoxy groups -OCH3 is 2. The molecule has 3 nitrogen and oxygen atoms in total. The zero-order valence-electron chi connectivity index (χ0n) is 11.9. The number of hydrogen-bond acceptors (Lipinski definition) is 3. The van der Waals surface area contributed by atoms with Crippen LogP contribution in [0.1, 0.15) is 17.2 Å². The highest BCUT2D eigenvalue weighted by Gasteiger charge is 2.15. The van der Waals surface area contributed by atoms with Gasteiger partial charge in [0.05, 0.1) is 14.2 Å². The highest BCUT2D eigenvalue weighted by atomic mass is 35.5. The van der Waals surface area contributed by atoms with Gasteiger partial charge in [-0.15, -0.1) is 0 Å². The molecule has 0 saturated heterocycles. The molecule has 0 heterocycles. The van der Waals surface area contributed by atoms with E-state index in [4.69, 9.17) is 38.4 Å². The van der Waals surface area contributed by atoms with Gasteiger partial charge >= 0.3 is 0 Å². The first-order chi connectivity index (χ1) is 10.0. The van der Waals surface area contributed by atoms with Crippen LogP contribution < -0.4 is 15.2 Å². The smallest absolute Gasteiger partial charge is 0.127 e. The lowest BCUT2D eigenvalue weighted by Crippen LogP contribution is -2.14. The fourth-order valence-electron chi connectivity index (χ4n) is 2.16. The zero-order chi connectivity index (χ0) is 15.4. The lowest BCUT2D eigenvalue weighted by atomic mass is 9.98. The van der Waals surface area contributed by atoms with E-state index in [1.807, 2.05) is 24.3 Å². The van der Waals surface area contributed by atoms with Crippen LogP contribution in [0.25, 0.3) is 0 Å². The molecule has 0 saturated carbocycles. The zero-order valence-corrected chi connectivity index (χ0v) is 13.4. The second-order valence-electron chi connectivity index (χ2n) is 4.65. The van der Waals surface area contributed by atoms with Gasteiger partial charge in [0.1, 0.15) is 11.5 Å². The molecule has 1 unspecified atom stereocenters. The maximum Gasteiger partial charge on any atom is 0.127 e. The van der Waals surface area contributed by atoms with E-state index in [0.29, 0.717) is 22.2 Å². The largest absolute Gasteiger partial charge is 0.497 e. The maximum atomic E-state index is 6.29. The molecule has 0 amide bonds. The summed E-state index contributed by atoms with van der Waals surface area (Å²) in [5.74, 6) is 1.43. The van der Waals surface area contributed by atoms with Gasteiger partial charge in [0, 0.05) is 27.7 Å². The van der Waals surface area contributed by atoms with Crippen LogP contribution in [0.3, 0.4) is 0 Å². The van der Waals surface area contributed by atoms with Crippen LogP contribution >= 0.6 is 23.2 Å². The predicted octanol–water partition coefficient (Wildman–Crippen LogP) is 4.25. The number of hydrogen-bond donors (Lipinski definition) is 1. The molecule has 1 atom stereocenters. The van der Waals surface area contributed by atoms with Gasteiger partial charge in [-0.1, -0.05) is 35.3 Å². The van der Waals surface area contributed by atoms with Crippen molar-refractivity contribution in [1.82, 2.24) is 0 Å². The van der Waals surface area contributed by atoms with Crippen LogP contribution in [0.5, 0.6) is 11.5 Å². The van der Waals surface area contributed by atoms with Gasteiger partial charge in [-0.05, 0) is 30.2 Å². The molecule has 0 fully saturated rings. The molecule has 0 bridgehead atoms. The van der Waals surface area contributed by atoms with Crippen molar-refractivity contribution in [2.75, 3.05) is 14.2 Å². The SMILES string of the molecule is COc1ccc(C(N)Cc2ccc(Cl)cc2Cl)c(OC)c1. The molecule has 2 aromatic carbocycles. The van der Waals surface area contributed by atoms with Crippen molar-refractivity contribution in [1.29, 1.82) is 0 Å². The van der Waals surface area contributed by atoms with Gasteiger partial charge in [-0.2, -0.15) is 0 Å². The molecule has 0 spiro atoms. The molecule has 0 aliphatic carbocycles. The minimum Gasteiger partial charge on any atom is -0.497 e. The highest BCUT2D eigenvalue weighted by molar-refractivity contribution is 6.35. The Labute approximate surface area is 134 Å². The summed E-state index contributed by atoms with van der Waals surface area (Å²) in [5.41, 5.74) is 8.15. The lowest BCUT2D eigenvalue weighted by molar-refractivity contribution is 0.388. The summed E-state index contributed by atoms with van der Waals surface area (Å²) in [7, 11) is 3.22. The molecular formula is C16H17Cl2NO2. The van der Waals surface area contributed by atoms with E-state index in [2.05, 4.69) is 0 Å². The van der Waals surface area contributed by atoms with Crippen molar-refractivity contribution in [2.24, 2.45) is 5.73 Å². The molecule has 21 heavy (non-hydrogen) atoms. The third-order valence-electron chi connectivity index (χ3n) is 3.30. The molecule has 5 heteroatoms. The average molecular weight is 326 g/mol. The van der Waals surface area contributed by atoms with Crippen molar-refractivity contribution >= 4 is 23.2 Å². The van der Waals surface area contributed by atoms with E-state index < -0.39 is 0 Å². The monoisotopic (exact) mass is 325 g/mol. The molecule has 0 radical (unpaired) electrons. The van der Waals surface area contributed by atoms with E-state index in [1.165, 1.54) is 0 Å². The van der Waals surface area contributed by atoms with Crippen molar-refractivity contribution in [3.63, 3.8) is 0 Å². The summed E-state index contributed by atoms with van der Waals surface area (Å²) in [4.78, 5) is 0. The van der Waals surface area contributed by atoms with Gasteiger partial charge in [0.15, 0.2) is 0 Å². The van der Waals surface area contributed by atoms with Gasteiger partial charge in [-0.25, -0.2) is 0 Å². The second-order valence-corrected chi connectivity index (χ2v) is 5.50. The van der Waals surface area contributed by atoms with E-state index in [9.17, 15) is 0 Å². The Balaban J connectivity index is 2.25. The first-order valence-corrected chi connectivity index (χ1v) is 7.22. The number of benzene rings is 2. The number of nitrogens with two attached hydrogens (primary N) is 1.